The number of rotatable bonds is 11. The lowest BCUT2D eigenvalue weighted by Gasteiger charge is -2.20. The van der Waals surface area contributed by atoms with Gasteiger partial charge in [-0.25, -0.2) is 14.4 Å². The van der Waals surface area contributed by atoms with Crippen LogP contribution in [0.2, 0.25) is 5.02 Å². The van der Waals surface area contributed by atoms with Gasteiger partial charge in [0.15, 0.2) is 0 Å². The third-order valence-corrected chi connectivity index (χ3v) is 7.34. The molecule has 44 heavy (non-hydrogen) atoms. The molecular formula is C33H31ClFN4O4S-. The Balaban J connectivity index is 1.44. The molecule has 11 heteroatoms. The van der Waals surface area contributed by atoms with Crippen molar-refractivity contribution >= 4 is 51.3 Å². The van der Waals surface area contributed by atoms with Crippen molar-refractivity contribution in [2.24, 2.45) is 10.4 Å². The zero-order chi connectivity index (χ0) is 31.3. The number of hydrogen-bond acceptors (Lipinski definition) is 8. The van der Waals surface area contributed by atoms with Crippen molar-refractivity contribution in [1.29, 1.82) is 0 Å². The highest BCUT2D eigenvalue weighted by Crippen LogP contribution is 2.36. The molecule has 0 fully saturated rings. The molecule has 5 rings (SSSR count). The Hall–Kier alpha value is -4.12. The van der Waals surface area contributed by atoms with Crippen molar-refractivity contribution in [3.05, 3.63) is 101 Å². The lowest BCUT2D eigenvalue weighted by atomic mass is 9.86. The molecule has 228 valence electrons. The maximum absolute atomic E-state index is 13.5. The molecule has 0 saturated heterocycles. The number of fused-ring (bicyclic) bond motifs is 1. The van der Waals surface area contributed by atoms with Gasteiger partial charge in [-0.1, -0.05) is 55.6 Å². The van der Waals surface area contributed by atoms with Crippen LogP contribution in [0.25, 0.3) is 22.2 Å². The van der Waals surface area contributed by atoms with E-state index in [9.17, 15) is 13.2 Å². The van der Waals surface area contributed by atoms with Gasteiger partial charge in [0, 0.05) is 28.9 Å². The number of ether oxygens (including phenoxy) is 1. The lowest BCUT2D eigenvalue weighted by molar-refractivity contribution is 0.306. The number of furan rings is 1. The van der Waals surface area contributed by atoms with Gasteiger partial charge in [0.2, 0.25) is 0 Å². The summed E-state index contributed by atoms with van der Waals surface area (Å²) in [6.07, 6.45) is 3.82. The number of hydrogen-bond donors (Lipinski definition) is 1. The first-order chi connectivity index (χ1) is 21.0. The lowest BCUT2D eigenvalue weighted by Crippen LogP contribution is -2.10. The molecule has 3 aromatic carbocycles. The van der Waals surface area contributed by atoms with E-state index in [-0.39, 0.29) is 30.1 Å². The van der Waals surface area contributed by atoms with Crippen LogP contribution in [0, 0.1) is 11.2 Å². The second kappa shape index (κ2) is 13.7. The zero-order valence-electron chi connectivity index (χ0n) is 24.5. The molecule has 0 bridgehead atoms. The first-order valence-electron chi connectivity index (χ1n) is 13.9. The van der Waals surface area contributed by atoms with Crippen LogP contribution in [-0.4, -0.2) is 37.2 Å². The van der Waals surface area contributed by atoms with Crippen molar-refractivity contribution in [2.45, 2.75) is 33.8 Å². The van der Waals surface area contributed by atoms with Crippen LogP contribution < -0.4 is 10.1 Å². The third-order valence-electron chi connectivity index (χ3n) is 6.53. The van der Waals surface area contributed by atoms with Gasteiger partial charge >= 0.3 is 0 Å². The average molecular weight is 634 g/mol. The molecule has 0 spiro atoms. The quantitative estimate of drug-likeness (QED) is 0.116. The number of aliphatic imine (C=N–C) groups is 1. The highest BCUT2D eigenvalue weighted by Gasteiger charge is 2.19. The van der Waals surface area contributed by atoms with Crippen LogP contribution in [0.3, 0.4) is 0 Å². The van der Waals surface area contributed by atoms with Gasteiger partial charge in [-0.2, -0.15) is 0 Å². The normalized spacial score (nSPS) is 12.6. The number of anilines is 2. The topological polar surface area (TPSA) is 113 Å². The number of nitrogens with zero attached hydrogens (tertiary/aromatic N) is 3. The molecular weight excluding hydrogens is 603 g/mol. The van der Waals surface area contributed by atoms with E-state index in [2.05, 4.69) is 47.1 Å². The smallest absolute Gasteiger partial charge is 0.145 e. The summed E-state index contributed by atoms with van der Waals surface area (Å²) in [7, 11) is 0. The Bertz CT molecular complexity index is 1840. The molecule has 2 aromatic heterocycles. The first-order valence-corrected chi connectivity index (χ1v) is 15.5. The fourth-order valence-electron chi connectivity index (χ4n) is 4.67. The summed E-state index contributed by atoms with van der Waals surface area (Å²) in [6.45, 7) is 6.85. The monoisotopic (exact) mass is 633 g/mol. The Kier molecular flexibility index (Phi) is 9.73. The summed E-state index contributed by atoms with van der Waals surface area (Å²) in [5, 5.41) is 4.57. The molecule has 0 aliphatic heterocycles. The van der Waals surface area contributed by atoms with Crippen molar-refractivity contribution in [3.63, 3.8) is 0 Å². The highest BCUT2D eigenvalue weighted by atomic mass is 35.5. The first kappa shape index (κ1) is 31.3. The molecule has 1 atom stereocenters. The van der Waals surface area contributed by atoms with E-state index < -0.39 is 11.1 Å². The molecule has 2 heterocycles. The Morgan fingerprint density at radius 3 is 2.70 bits per heavy atom. The molecule has 8 nitrogen and oxygen atoms in total. The number of nitrogens with one attached hydrogen (secondary N) is 1. The van der Waals surface area contributed by atoms with Crippen LogP contribution in [0.4, 0.5) is 15.9 Å². The second-order valence-corrected chi connectivity index (χ2v) is 12.8. The van der Waals surface area contributed by atoms with Crippen LogP contribution in [-0.2, 0) is 24.1 Å². The fraction of sp³-hybridized carbons (Fsp3) is 0.242. The molecule has 1 N–H and O–H groups in total. The van der Waals surface area contributed by atoms with Gasteiger partial charge in [-0.05, 0) is 77.6 Å². The number of halogens is 2. The van der Waals surface area contributed by atoms with E-state index in [0.717, 1.165) is 28.5 Å². The van der Waals surface area contributed by atoms with Crippen molar-refractivity contribution in [1.82, 2.24) is 9.97 Å². The minimum atomic E-state index is -2.14. The third kappa shape index (κ3) is 8.28. The zero-order valence-corrected chi connectivity index (χ0v) is 26.0. The largest absolute Gasteiger partial charge is 0.772 e. The van der Waals surface area contributed by atoms with Gasteiger partial charge in [-0.3, -0.25) is 9.20 Å². The van der Waals surface area contributed by atoms with E-state index >= 15 is 0 Å². The molecule has 0 aliphatic rings. The van der Waals surface area contributed by atoms with Gasteiger partial charge < -0.3 is 19.0 Å². The van der Waals surface area contributed by atoms with Crippen molar-refractivity contribution in [2.75, 3.05) is 17.6 Å². The van der Waals surface area contributed by atoms with Crippen LogP contribution in [0.1, 0.15) is 37.7 Å². The van der Waals surface area contributed by atoms with Crippen LogP contribution >= 0.6 is 11.6 Å². The van der Waals surface area contributed by atoms with E-state index in [1.807, 2.05) is 18.2 Å². The molecule has 5 aromatic rings. The Labute approximate surface area is 262 Å². The summed E-state index contributed by atoms with van der Waals surface area (Å²) in [4.78, 5) is 13.3. The van der Waals surface area contributed by atoms with Gasteiger partial charge in [-0.15, -0.1) is 0 Å². The number of aromatic nitrogens is 2. The predicted octanol–water partition coefficient (Wildman–Crippen LogP) is 7.89. The van der Waals surface area contributed by atoms with Gasteiger partial charge in [0.05, 0.1) is 16.8 Å². The summed E-state index contributed by atoms with van der Waals surface area (Å²) in [5.41, 5.74) is 4.09. The van der Waals surface area contributed by atoms with E-state index in [1.54, 1.807) is 30.3 Å². The predicted molar refractivity (Wildman–Crippen MR) is 172 cm³/mol. The van der Waals surface area contributed by atoms with E-state index in [0.29, 0.717) is 39.4 Å². The minimum Gasteiger partial charge on any atom is -0.772 e. The van der Waals surface area contributed by atoms with Crippen molar-refractivity contribution in [3.8, 4) is 17.1 Å². The summed E-state index contributed by atoms with van der Waals surface area (Å²) < 4.78 is 46.9. The van der Waals surface area contributed by atoms with E-state index in [4.69, 9.17) is 20.8 Å². The fourth-order valence-corrected chi connectivity index (χ4v) is 5.16. The SMILES string of the molecule is CC(C)(C)Cc1cc(-c2ccc(C=NCCS(=O)[O-])o2)cc2c(Nc3ccc(OCc4cccc(F)c4)c(Cl)c3)ncnc12. The average Bonchev–Trinajstić information content (AvgIpc) is 3.43. The standard InChI is InChI=1S/C33H32ClFN4O4S/c1-33(2,3)17-23-14-22(29-10-8-26(43-29)18-36-11-12-44(40)41)15-27-31(23)37-20-38-32(27)39-25-7-9-30(28(34)16-25)42-19-21-5-4-6-24(35)13-21/h4-10,13-16,18,20H,11-12,17,19H2,1-3H3,(H,40,41)(H,37,38,39)/p-1. The molecule has 1 unspecified atom stereocenters. The summed E-state index contributed by atoms with van der Waals surface area (Å²) in [5.74, 6) is 1.85. The summed E-state index contributed by atoms with van der Waals surface area (Å²) in [6, 6.07) is 19.3. The molecule has 0 amide bonds. The number of benzene rings is 3. The van der Waals surface area contributed by atoms with Crippen LogP contribution in [0.15, 0.2) is 82.5 Å². The maximum Gasteiger partial charge on any atom is 0.145 e. The Morgan fingerprint density at radius 2 is 1.95 bits per heavy atom. The van der Waals surface area contributed by atoms with Crippen molar-refractivity contribution < 1.29 is 22.3 Å². The maximum atomic E-state index is 13.5. The highest BCUT2D eigenvalue weighted by molar-refractivity contribution is 7.79. The van der Waals surface area contributed by atoms with Gasteiger partial charge in [0.25, 0.3) is 0 Å². The second-order valence-electron chi connectivity index (χ2n) is 11.4. The van der Waals surface area contributed by atoms with E-state index in [1.165, 1.54) is 24.7 Å². The summed E-state index contributed by atoms with van der Waals surface area (Å²) >= 11 is 4.41. The minimum absolute atomic E-state index is 0.0123. The molecule has 0 aliphatic carbocycles. The van der Waals surface area contributed by atoms with Crippen LogP contribution in [0.5, 0.6) is 5.75 Å². The van der Waals surface area contributed by atoms with Gasteiger partial charge in [0.1, 0.15) is 41.8 Å². The Morgan fingerprint density at radius 1 is 1.11 bits per heavy atom. The molecule has 0 saturated carbocycles. The molecule has 0 radical (unpaired) electrons.